The molecule has 1 aromatic heterocycles. The van der Waals surface area contributed by atoms with Crippen LogP contribution < -0.4 is 15.4 Å². The van der Waals surface area contributed by atoms with E-state index in [0.29, 0.717) is 25.3 Å². The molecule has 0 aliphatic carbocycles. The number of halogens is 3. The summed E-state index contributed by atoms with van der Waals surface area (Å²) in [6.45, 7) is 4.33. The fourth-order valence-corrected chi connectivity index (χ4v) is 6.47. The Bertz CT molecular complexity index is 2090. The molecule has 5 aromatic rings. The molecule has 0 spiro atoms. The molecule has 274 valence electrons. The van der Waals surface area contributed by atoms with Crippen LogP contribution in [0.5, 0.6) is 0 Å². The number of aromatic nitrogens is 1. The molecule has 52 heavy (non-hydrogen) atoms. The van der Waals surface area contributed by atoms with Crippen LogP contribution in [0.3, 0.4) is 0 Å². The summed E-state index contributed by atoms with van der Waals surface area (Å²) in [5, 5.41) is 6.97. The highest BCUT2D eigenvalue weighted by Crippen LogP contribution is 2.28. The molecule has 10 nitrogen and oxygen atoms in total. The van der Waals surface area contributed by atoms with Gasteiger partial charge in [-0.05, 0) is 79.9 Å². The number of carbonyl (C=O) groups excluding carboxylic acids is 2. The number of aryl methyl sites for hydroxylation is 1. The number of fused-ring (bicyclic) bond motifs is 1. The minimum Gasteiger partial charge on any atom is -0.449 e. The van der Waals surface area contributed by atoms with Gasteiger partial charge in [0, 0.05) is 47.1 Å². The second-order valence-corrected chi connectivity index (χ2v) is 14.4. The van der Waals surface area contributed by atoms with Crippen LogP contribution in [-0.2, 0) is 42.2 Å². The average Bonchev–Trinajstić information content (AvgIpc) is 3.51. The van der Waals surface area contributed by atoms with Gasteiger partial charge in [0.05, 0.1) is 11.5 Å². The highest BCUT2D eigenvalue weighted by molar-refractivity contribution is 7.92. The van der Waals surface area contributed by atoms with Gasteiger partial charge in [-0.15, -0.1) is 0 Å². The van der Waals surface area contributed by atoms with E-state index in [4.69, 9.17) is 9.47 Å². The first kappa shape index (κ1) is 38.1. The highest BCUT2D eigenvalue weighted by atomic mass is 32.2. The number of benzene rings is 4. The molecule has 5 rings (SSSR count). The Hall–Kier alpha value is -5.18. The number of nitrogens with one attached hydrogen (secondary N) is 3. The lowest BCUT2D eigenvalue weighted by molar-refractivity contribution is -0.205. The first-order chi connectivity index (χ1) is 24.7. The van der Waals surface area contributed by atoms with Gasteiger partial charge in [-0.25, -0.2) is 13.2 Å². The smallest absolute Gasteiger partial charge is 0.449 e. The minimum atomic E-state index is -5.23. The molecule has 0 radical (unpaired) electrons. The number of carbonyl (C=O) groups is 2. The zero-order valence-corrected chi connectivity index (χ0v) is 29.3. The molecule has 1 atom stereocenters. The number of rotatable bonds is 16. The zero-order chi connectivity index (χ0) is 37.4. The standard InChI is InChI=1S/C38H39F3N4O6S/c1-37(2,19-21-45-20-18-28-22-30(16-17-33(28)45)43-35(46)26-50-25-27-10-5-3-6-11-27)42-24-34(51-36(47)38(39,40)41)29-12-9-13-31(23-29)44-52(48,49)32-14-7-4-8-15-32/h3-18,20,22-23,34,42,44H,19,21,24-26H2,1-2H3,(H,43,46)/t34-/m0/s1. The van der Waals surface area contributed by atoms with Crippen molar-refractivity contribution in [2.45, 2.75) is 56.1 Å². The van der Waals surface area contributed by atoms with Crippen LogP contribution in [0.25, 0.3) is 10.9 Å². The highest BCUT2D eigenvalue weighted by Gasteiger charge is 2.42. The third-order valence-corrected chi connectivity index (χ3v) is 9.59. The van der Waals surface area contributed by atoms with Crippen molar-refractivity contribution in [1.29, 1.82) is 0 Å². The molecule has 0 saturated heterocycles. The molecular weight excluding hydrogens is 698 g/mol. The molecule has 0 aliphatic rings. The van der Waals surface area contributed by atoms with Gasteiger partial charge in [0.2, 0.25) is 5.91 Å². The summed E-state index contributed by atoms with van der Waals surface area (Å²) in [6.07, 6.45) is -4.18. The van der Waals surface area contributed by atoms with Crippen LogP contribution in [0.1, 0.15) is 37.5 Å². The third-order valence-electron chi connectivity index (χ3n) is 8.19. The maximum Gasteiger partial charge on any atom is 0.490 e. The topological polar surface area (TPSA) is 128 Å². The molecule has 14 heteroatoms. The maximum absolute atomic E-state index is 13.3. The quantitative estimate of drug-likeness (QED) is 0.0915. The van der Waals surface area contributed by atoms with Crippen LogP contribution in [0.15, 0.2) is 120 Å². The van der Waals surface area contributed by atoms with E-state index >= 15 is 0 Å². The lowest BCUT2D eigenvalue weighted by Gasteiger charge is -2.30. The SMILES string of the molecule is CC(C)(CCn1ccc2cc(NC(=O)COCc3ccccc3)ccc21)NC[C@H](OC(=O)C(F)(F)F)c1cccc(NS(=O)(=O)c2ccccc2)c1. The fraction of sp³-hybridized carbons (Fsp3) is 0.263. The van der Waals surface area contributed by atoms with Crippen molar-refractivity contribution in [3.8, 4) is 0 Å². The van der Waals surface area contributed by atoms with Crippen molar-refractivity contribution in [3.63, 3.8) is 0 Å². The van der Waals surface area contributed by atoms with E-state index < -0.39 is 33.8 Å². The molecule has 0 unspecified atom stereocenters. The summed E-state index contributed by atoms with van der Waals surface area (Å²) in [5.74, 6) is -2.64. The maximum atomic E-state index is 13.3. The second kappa shape index (κ2) is 16.4. The Morgan fingerprint density at radius 3 is 2.27 bits per heavy atom. The van der Waals surface area contributed by atoms with Crippen molar-refractivity contribution in [1.82, 2.24) is 9.88 Å². The summed E-state index contributed by atoms with van der Waals surface area (Å²) in [4.78, 5) is 24.4. The van der Waals surface area contributed by atoms with Crippen molar-refractivity contribution in [2.75, 3.05) is 23.2 Å². The average molecular weight is 737 g/mol. The number of hydrogen-bond donors (Lipinski definition) is 3. The van der Waals surface area contributed by atoms with Gasteiger partial charge >= 0.3 is 12.1 Å². The van der Waals surface area contributed by atoms with Crippen LogP contribution in [0.4, 0.5) is 24.5 Å². The largest absolute Gasteiger partial charge is 0.490 e. The Labute approximate surface area is 300 Å². The lowest BCUT2D eigenvalue weighted by Crippen LogP contribution is -2.43. The lowest BCUT2D eigenvalue weighted by atomic mass is 9.99. The van der Waals surface area contributed by atoms with Crippen molar-refractivity contribution < 1.29 is 40.7 Å². The van der Waals surface area contributed by atoms with Crippen LogP contribution in [-0.4, -0.2) is 49.7 Å². The van der Waals surface area contributed by atoms with Crippen molar-refractivity contribution >= 4 is 44.2 Å². The van der Waals surface area contributed by atoms with Gasteiger partial charge in [-0.1, -0.05) is 60.7 Å². The number of ether oxygens (including phenoxy) is 2. The summed E-state index contributed by atoms with van der Waals surface area (Å²) in [7, 11) is -3.98. The first-order valence-corrected chi connectivity index (χ1v) is 17.9. The molecular formula is C38H39F3N4O6S. The summed E-state index contributed by atoms with van der Waals surface area (Å²) in [5.41, 5.74) is 2.12. The number of amides is 1. The summed E-state index contributed by atoms with van der Waals surface area (Å²) < 4.78 is 80.4. The van der Waals surface area contributed by atoms with Gasteiger partial charge in [0.15, 0.2) is 0 Å². The molecule has 1 heterocycles. The number of sulfonamides is 1. The predicted molar refractivity (Wildman–Crippen MR) is 192 cm³/mol. The van der Waals surface area contributed by atoms with E-state index in [1.807, 2.05) is 73.1 Å². The second-order valence-electron chi connectivity index (χ2n) is 12.8. The van der Waals surface area contributed by atoms with Gasteiger partial charge < -0.3 is 24.7 Å². The van der Waals surface area contributed by atoms with Gasteiger partial charge in [0.25, 0.3) is 10.0 Å². The number of anilines is 2. The van der Waals surface area contributed by atoms with Gasteiger partial charge in [0.1, 0.15) is 12.7 Å². The predicted octanol–water partition coefficient (Wildman–Crippen LogP) is 7.20. The zero-order valence-electron chi connectivity index (χ0n) is 28.5. The normalized spacial score (nSPS) is 12.7. The van der Waals surface area contributed by atoms with Crippen molar-refractivity contribution in [3.05, 3.63) is 127 Å². The molecule has 0 saturated carbocycles. The molecule has 0 fully saturated rings. The Morgan fingerprint density at radius 1 is 0.846 bits per heavy atom. The number of nitrogens with zero attached hydrogens (tertiary/aromatic N) is 1. The Kier molecular flexibility index (Phi) is 12.0. The van der Waals surface area contributed by atoms with Crippen molar-refractivity contribution in [2.24, 2.45) is 0 Å². The van der Waals surface area contributed by atoms with Crippen LogP contribution in [0.2, 0.25) is 0 Å². The van der Waals surface area contributed by atoms with E-state index in [1.165, 1.54) is 36.4 Å². The first-order valence-electron chi connectivity index (χ1n) is 16.4. The Morgan fingerprint density at radius 2 is 1.56 bits per heavy atom. The summed E-state index contributed by atoms with van der Waals surface area (Å²) in [6, 6.07) is 30.3. The number of esters is 1. The fourth-order valence-electron chi connectivity index (χ4n) is 5.40. The van der Waals surface area contributed by atoms with E-state index in [1.54, 1.807) is 24.3 Å². The molecule has 0 bridgehead atoms. The van der Waals surface area contributed by atoms with Gasteiger partial charge in [-0.3, -0.25) is 9.52 Å². The van der Waals surface area contributed by atoms with E-state index in [2.05, 4.69) is 15.4 Å². The minimum absolute atomic E-state index is 0.00630. The van der Waals surface area contributed by atoms with Crippen LogP contribution in [0, 0.1) is 0 Å². The van der Waals surface area contributed by atoms with E-state index in [-0.39, 0.29) is 35.2 Å². The Balaban J connectivity index is 1.20. The summed E-state index contributed by atoms with van der Waals surface area (Å²) >= 11 is 0. The molecule has 4 aromatic carbocycles. The monoisotopic (exact) mass is 736 g/mol. The van der Waals surface area contributed by atoms with E-state index in [9.17, 15) is 31.2 Å². The molecule has 3 N–H and O–H groups in total. The number of hydrogen-bond acceptors (Lipinski definition) is 7. The number of alkyl halides is 3. The van der Waals surface area contributed by atoms with Crippen LogP contribution >= 0.6 is 0 Å². The van der Waals surface area contributed by atoms with E-state index in [0.717, 1.165) is 16.5 Å². The third kappa shape index (κ3) is 10.7. The van der Waals surface area contributed by atoms with Gasteiger partial charge in [-0.2, -0.15) is 13.2 Å². The molecule has 0 aliphatic heterocycles. The molecule has 1 amide bonds.